The molecule has 0 saturated carbocycles. The van der Waals surface area contributed by atoms with Crippen molar-refractivity contribution in [2.45, 2.75) is 53.2 Å². The molecular formula is C13H31N3O2. The fourth-order valence-corrected chi connectivity index (χ4v) is 1.04. The van der Waals surface area contributed by atoms with Gasteiger partial charge in [0.1, 0.15) is 12.3 Å². The van der Waals surface area contributed by atoms with Crippen LogP contribution in [0.5, 0.6) is 0 Å². The van der Waals surface area contributed by atoms with E-state index in [1.54, 1.807) is 37.9 Å². The summed E-state index contributed by atoms with van der Waals surface area (Å²) in [5.74, 6) is -0.00740. The van der Waals surface area contributed by atoms with E-state index in [1.165, 1.54) is 0 Å². The first-order chi connectivity index (χ1) is 8.22. The zero-order valence-electron chi connectivity index (χ0n) is 13.5. The Labute approximate surface area is 112 Å². The highest BCUT2D eigenvalue weighted by atomic mass is 16.5. The first-order valence-electron chi connectivity index (χ1n) is 6.52. The Balaban J connectivity index is 0. The Morgan fingerprint density at radius 2 is 1.72 bits per heavy atom. The molecule has 0 atom stereocenters. The van der Waals surface area contributed by atoms with Gasteiger partial charge < -0.3 is 9.64 Å². The van der Waals surface area contributed by atoms with Crippen LogP contribution in [-0.4, -0.2) is 55.3 Å². The van der Waals surface area contributed by atoms with Crippen molar-refractivity contribution in [1.29, 1.82) is 0 Å². The molecule has 0 heterocycles. The molecule has 0 unspecified atom stereocenters. The number of carbonyl (C=O) groups excluding carboxylic acids is 1. The monoisotopic (exact) mass is 261 g/mol. The molecule has 0 radical (unpaired) electrons. The molecule has 0 aliphatic heterocycles. The molecule has 0 rings (SSSR count). The van der Waals surface area contributed by atoms with Crippen LogP contribution in [0.4, 0.5) is 0 Å². The van der Waals surface area contributed by atoms with Crippen LogP contribution in [0.15, 0.2) is 0 Å². The van der Waals surface area contributed by atoms with Gasteiger partial charge in [-0.3, -0.25) is 10.2 Å². The van der Waals surface area contributed by atoms with Gasteiger partial charge in [0, 0.05) is 20.1 Å². The summed E-state index contributed by atoms with van der Waals surface area (Å²) in [5.41, 5.74) is 2.11. The van der Waals surface area contributed by atoms with E-state index in [0.29, 0.717) is 6.73 Å². The van der Waals surface area contributed by atoms with E-state index in [2.05, 4.69) is 5.43 Å². The molecule has 110 valence electrons. The second kappa shape index (κ2) is 9.30. The number of ether oxygens (including phenoxy) is 1. The molecule has 1 amide bonds. The molecule has 0 fully saturated rings. The van der Waals surface area contributed by atoms with E-state index in [4.69, 9.17) is 4.74 Å². The molecule has 18 heavy (non-hydrogen) atoms. The number of hydrogen-bond acceptors (Lipinski definition) is 4. The normalized spacial score (nSPS) is 11.3. The van der Waals surface area contributed by atoms with Crippen molar-refractivity contribution in [3.05, 3.63) is 0 Å². The summed E-state index contributed by atoms with van der Waals surface area (Å²) in [5, 5.41) is 1.77. The van der Waals surface area contributed by atoms with Crippen molar-refractivity contribution in [1.82, 2.24) is 15.3 Å². The highest BCUT2D eigenvalue weighted by Gasteiger charge is 2.32. The average molecular weight is 261 g/mol. The number of carbonyl (C=O) groups is 1. The predicted octanol–water partition coefficient (Wildman–Crippen LogP) is 1.70. The van der Waals surface area contributed by atoms with Crippen LogP contribution in [0.25, 0.3) is 0 Å². The topological polar surface area (TPSA) is 44.8 Å². The molecule has 0 aromatic carbocycles. The molecule has 0 saturated heterocycles. The van der Waals surface area contributed by atoms with Gasteiger partial charge in [-0.05, 0) is 34.7 Å². The third kappa shape index (κ3) is 6.93. The SMILES string of the molecule is CC.CNN(C)COC(C)(C)C(=O)N(C)C(C)C. The summed E-state index contributed by atoms with van der Waals surface area (Å²) < 4.78 is 5.59. The van der Waals surface area contributed by atoms with Crippen LogP contribution in [0.2, 0.25) is 0 Å². The molecule has 0 aliphatic rings. The lowest BCUT2D eigenvalue weighted by Gasteiger charge is -2.32. The first kappa shape index (κ1) is 19.7. The third-order valence-electron chi connectivity index (χ3n) is 2.61. The van der Waals surface area contributed by atoms with E-state index >= 15 is 0 Å². The zero-order valence-corrected chi connectivity index (χ0v) is 13.5. The van der Waals surface area contributed by atoms with Gasteiger partial charge in [0.25, 0.3) is 5.91 Å². The highest BCUT2D eigenvalue weighted by molar-refractivity contribution is 5.84. The van der Waals surface area contributed by atoms with E-state index in [-0.39, 0.29) is 11.9 Å². The predicted molar refractivity (Wildman–Crippen MR) is 76.1 cm³/mol. The third-order valence-corrected chi connectivity index (χ3v) is 2.61. The number of rotatable bonds is 6. The average Bonchev–Trinajstić information content (AvgIpc) is 2.36. The van der Waals surface area contributed by atoms with Crippen molar-refractivity contribution < 1.29 is 9.53 Å². The van der Waals surface area contributed by atoms with Gasteiger partial charge in [-0.15, -0.1) is 0 Å². The summed E-state index contributed by atoms with van der Waals surface area (Å²) >= 11 is 0. The van der Waals surface area contributed by atoms with Crippen molar-refractivity contribution in [2.75, 3.05) is 27.9 Å². The van der Waals surface area contributed by atoms with E-state index in [1.807, 2.05) is 34.7 Å². The molecule has 0 aliphatic carbocycles. The quantitative estimate of drug-likeness (QED) is 0.584. The Kier molecular flexibility index (Phi) is 10.2. The molecular weight excluding hydrogens is 230 g/mol. The van der Waals surface area contributed by atoms with Gasteiger partial charge in [-0.2, -0.15) is 0 Å². The Morgan fingerprint density at radius 1 is 1.28 bits per heavy atom. The maximum absolute atomic E-state index is 12.1. The van der Waals surface area contributed by atoms with Crippen LogP contribution in [0, 0.1) is 0 Å². The van der Waals surface area contributed by atoms with Crippen LogP contribution in [0.1, 0.15) is 41.5 Å². The number of hydrazine groups is 1. The molecule has 0 aromatic rings. The second-order valence-corrected chi connectivity index (χ2v) is 4.72. The minimum atomic E-state index is -0.801. The number of hydrogen-bond donors (Lipinski definition) is 1. The smallest absolute Gasteiger partial charge is 0.254 e. The van der Waals surface area contributed by atoms with Crippen LogP contribution >= 0.6 is 0 Å². The standard InChI is InChI=1S/C11H25N3O2.C2H6/c1-9(2)14(7)10(15)11(3,4)16-8-13(6)12-5;1-2/h9,12H,8H2,1-7H3;1-2H3. The number of nitrogens with zero attached hydrogens (tertiary/aromatic N) is 2. The zero-order chi connectivity index (χ0) is 14.9. The Morgan fingerprint density at radius 3 is 2.06 bits per heavy atom. The Bertz CT molecular complexity index is 230. The molecule has 1 N–H and O–H groups in total. The van der Waals surface area contributed by atoms with Gasteiger partial charge in [0.15, 0.2) is 0 Å². The van der Waals surface area contributed by atoms with E-state index in [9.17, 15) is 4.79 Å². The van der Waals surface area contributed by atoms with Gasteiger partial charge in [0.2, 0.25) is 0 Å². The van der Waals surface area contributed by atoms with Crippen molar-refractivity contribution >= 4 is 5.91 Å². The Hall–Kier alpha value is -0.650. The summed E-state index contributed by atoms with van der Waals surface area (Å²) in [6.07, 6.45) is 0. The van der Waals surface area contributed by atoms with E-state index in [0.717, 1.165) is 0 Å². The minimum absolute atomic E-state index is 0.00740. The lowest BCUT2D eigenvalue weighted by Crippen LogP contribution is -2.49. The lowest BCUT2D eigenvalue weighted by molar-refractivity contribution is -0.161. The molecule has 5 heteroatoms. The number of amides is 1. The van der Waals surface area contributed by atoms with Crippen LogP contribution in [0.3, 0.4) is 0 Å². The lowest BCUT2D eigenvalue weighted by atomic mass is 10.1. The molecule has 0 spiro atoms. The molecule has 0 aromatic heterocycles. The van der Waals surface area contributed by atoms with E-state index < -0.39 is 5.60 Å². The molecule has 0 bridgehead atoms. The van der Waals surface area contributed by atoms with Crippen molar-refractivity contribution in [3.8, 4) is 0 Å². The fourth-order valence-electron chi connectivity index (χ4n) is 1.04. The maximum Gasteiger partial charge on any atom is 0.254 e. The van der Waals surface area contributed by atoms with Gasteiger partial charge in [-0.25, -0.2) is 5.01 Å². The first-order valence-corrected chi connectivity index (χ1v) is 6.52. The van der Waals surface area contributed by atoms with Crippen LogP contribution in [-0.2, 0) is 9.53 Å². The summed E-state index contributed by atoms with van der Waals surface area (Å²) in [4.78, 5) is 13.8. The maximum atomic E-state index is 12.1. The van der Waals surface area contributed by atoms with Crippen molar-refractivity contribution in [3.63, 3.8) is 0 Å². The molecule has 5 nitrogen and oxygen atoms in total. The largest absolute Gasteiger partial charge is 0.349 e. The second-order valence-electron chi connectivity index (χ2n) is 4.72. The van der Waals surface area contributed by atoms with Crippen LogP contribution < -0.4 is 5.43 Å². The number of likely N-dealkylation sites (N-methyl/N-ethyl adjacent to an activating group) is 1. The van der Waals surface area contributed by atoms with Gasteiger partial charge in [0.05, 0.1) is 0 Å². The minimum Gasteiger partial charge on any atom is -0.349 e. The number of nitrogens with one attached hydrogen (secondary N) is 1. The summed E-state index contributed by atoms with van der Waals surface area (Å²) in [6, 6.07) is 0.178. The highest BCUT2D eigenvalue weighted by Crippen LogP contribution is 2.14. The summed E-state index contributed by atoms with van der Waals surface area (Å²) in [7, 11) is 5.45. The van der Waals surface area contributed by atoms with Gasteiger partial charge in [-0.1, -0.05) is 13.8 Å². The fraction of sp³-hybridized carbons (Fsp3) is 0.923. The summed E-state index contributed by atoms with van der Waals surface area (Å²) in [6.45, 7) is 11.9. The van der Waals surface area contributed by atoms with Gasteiger partial charge >= 0.3 is 0 Å². The van der Waals surface area contributed by atoms with Crippen molar-refractivity contribution in [2.24, 2.45) is 0 Å².